The zero-order valence-electron chi connectivity index (χ0n) is 9.28. The Labute approximate surface area is 93.9 Å². The molecule has 1 N–H and O–H groups in total. The third-order valence-corrected chi connectivity index (χ3v) is 4.58. The Hall–Kier alpha value is -0.830. The van der Waals surface area contributed by atoms with Crippen molar-refractivity contribution in [1.82, 2.24) is 0 Å². The number of carboxylic acid groups (broad SMARTS) is 1. The van der Waals surface area contributed by atoms with Gasteiger partial charge in [0.05, 0.1) is 5.92 Å². The van der Waals surface area contributed by atoms with Crippen molar-refractivity contribution in [3.63, 3.8) is 0 Å². The minimum absolute atomic E-state index is 0.0688. The molecule has 1 aliphatic carbocycles. The lowest BCUT2D eigenvalue weighted by Gasteiger charge is -2.02. The van der Waals surface area contributed by atoms with Crippen molar-refractivity contribution in [1.29, 1.82) is 0 Å². The Morgan fingerprint density at radius 3 is 2.73 bits per heavy atom. The van der Waals surface area contributed by atoms with E-state index in [0.29, 0.717) is 0 Å². The van der Waals surface area contributed by atoms with E-state index in [1.807, 2.05) is 0 Å². The van der Waals surface area contributed by atoms with Gasteiger partial charge in [-0.2, -0.15) is 0 Å². The molecule has 1 aliphatic rings. The monoisotopic (exact) mass is 224 g/mol. The van der Waals surface area contributed by atoms with Crippen LogP contribution in [0.1, 0.15) is 37.1 Å². The van der Waals surface area contributed by atoms with Gasteiger partial charge in [-0.3, -0.25) is 4.79 Å². The summed E-state index contributed by atoms with van der Waals surface area (Å²) in [4.78, 5) is 12.4. The molecule has 1 fully saturated rings. The fraction of sp³-hybridized carbons (Fsp3) is 0.583. The van der Waals surface area contributed by atoms with Crippen LogP contribution >= 0.6 is 11.3 Å². The van der Waals surface area contributed by atoms with Crippen LogP contribution in [-0.2, 0) is 11.2 Å². The van der Waals surface area contributed by atoms with E-state index in [0.717, 1.165) is 6.42 Å². The van der Waals surface area contributed by atoms with E-state index < -0.39 is 5.97 Å². The van der Waals surface area contributed by atoms with Crippen molar-refractivity contribution in [3.8, 4) is 0 Å². The summed E-state index contributed by atoms with van der Waals surface area (Å²) in [5, 5.41) is 11.2. The Morgan fingerprint density at radius 2 is 2.27 bits per heavy atom. The van der Waals surface area contributed by atoms with Crippen LogP contribution in [0.4, 0.5) is 0 Å². The summed E-state index contributed by atoms with van der Waals surface area (Å²) in [6.07, 6.45) is 0.998. The average molecular weight is 224 g/mol. The number of aliphatic carboxylic acids is 1. The molecule has 2 rings (SSSR count). The molecule has 1 saturated carbocycles. The molecule has 1 aromatic heterocycles. The predicted molar refractivity (Wildman–Crippen MR) is 61.3 cm³/mol. The third-order valence-electron chi connectivity index (χ3n) is 3.54. The van der Waals surface area contributed by atoms with Crippen LogP contribution in [0.25, 0.3) is 0 Å². The van der Waals surface area contributed by atoms with Crippen molar-refractivity contribution in [2.45, 2.75) is 33.1 Å². The second-order valence-corrected chi connectivity index (χ2v) is 5.73. The summed E-state index contributed by atoms with van der Waals surface area (Å²) in [5.41, 5.74) is 1.25. The zero-order valence-corrected chi connectivity index (χ0v) is 10.1. The van der Waals surface area contributed by atoms with Crippen LogP contribution in [0.3, 0.4) is 0 Å². The van der Waals surface area contributed by atoms with E-state index in [1.165, 1.54) is 10.4 Å². The second kappa shape index (κ2) is 3.34. The summed E-state index contributed by atoms with van der Waals surface area (Å²) in [5.74, 6) is -0.619. The first kappa shape index (κ1) is 10.7. The van der Waals surface area contributed by atoms with E-state index in [9.17, 15) is 4.79 Å². The standard InChI is InChI=1S/C12H16O2S/c1-4-7-5-6-15-10(7)8-9(11(13)14)12(8,2)3/h5-6,8-9H,4H2,1-3H3,(H,13,14). The van der Waals surface area contributed by atoms with Crippen LogP contribution in [0, 0.1) is 11.3 Å². The van der Waals surface area contributed by atoms with Gasteiger partial charge in [0.2, 0.25) is 0 Å². The van der Waals surface area contributed by atoms with E-state index in [2.05, 4.69) is 32.2 Å². The number of hydrogen-bond acceptors (Lipinski definition) is 2. The molecule has 0 aromatic carbocycles. The summed E-state index contributed by atoms with van der Waals surface area (Å²) >= 11 is 1.70. The fourth-order valence-corrected chi connectivity index (χ4v) is 3.83. The number of rotatable bonds is 3. The van der Waals surface area contributed by atoms with Crippen LogP contribution < -0.4 is 0 Å². The zero-order chi connectivity index (χ0) is 11.2. The molecular weight excluding hydrogens is 208 g/mol. The van der Waals surface area contributed by atoms with Gasteiger partial charge in [-0.1, -0.05) is 20.8 Å². The van der Waals surface area contributed by atoms with Crippen LogP contribution in [0.15, 0.2) is 11.4 Å². The number of hydrogen-bond donors (Lipinski definition) is 1. The first-order chi connectivity index (χ1) is 7.00. The van der Waals surface area contributed by atoms with Crippen LogP contribution in [0.5, 0.6) is 0 Å². The first-order valence-electron chi connectivity index (χ1n) is 5.29. The molecule has 0 amide bonds. The van der Waals surface area contributed by atoms with E-state index in [4.69, 9.17) is 5.11 Å². The smallest absolute Gasteiger partial charge is 0.307 e. The van der Waals surface area contributed by atoms with E-state index in [-0.39, 0.29) is 17.3 Å². The normalized spacial score (nSPS) is 27.7. The Balaban J connectivity index is 2.31. The Kier molecular flexibility index (Phi) is 2.38. The van der Waals surface area contributed by atoms with Gasteiger partial charge in [-0.05, 0) is 28.8 Å². The van der Waals surface area contributed by atoms with Gasteiger partial charge in [-0.15, -0.1) is 11.3 Å². The molecule has 2 unspecified atom stereocenters. The van der Waals surface area contributed by atoms with Gasteiger partial charge in [0.15, 0.2) is 0 Å². The van der Waals surface area contributed by atoms with Crippen molar-refractivity contribution in [2.75, 3.05) is 0 Å². The van der Waals surface area contributed by atoms with Crippen LogP contribution in [0.2, 0.25) is 0 Å². The van der Waals surface area contributed by atoms with Crippen molar-refractivity contribution in [2.24, 2.45) is 11.3 Å². The van der Waals surface area contributed by atoms with Gasteiger partial charge < -0.3 is 5.11 Å². The van der Waals surface area contributed by atoms with Gasteiger partial charge in [0, 0.05) is 10.8 Å². The number of aryl methyl sites for hydroxylation is 1. The number of carbonyl (C=O) groups is 1. The molecule has 3 heteroatoms. The van der Waals surface area contributed by atoms with Gasteiger partial charge in [0.1, 0.15) is 0 Å². The molecule has 1 heterocycles. The minimum atomic E-state index is -0.652. The molecule has 0 bridgehead atoms. The summed E-state index contributed by atoms with van der Waals surface area (Å²) < 4.78 is 0. The Morgan fingerprint density at radius 1 is 1.60 bits per heavy atom. The van der Waals surface area contributed by atoms with Gasteiger partial charge >= 0.3 is 5.97 Å². The molecule has 2 nitrogen and oxygen atoms in total. The fourth-order valence-electron chi connectivity index (χ4n) is 2.50. The predicted octanol–water partition coefficient (Wildman–Crippen LogP) is 3.13. The first-order valence-corrected chi connectivity index (χ1v) is 6.17. The number of carboxylic acids is 1. The van der Waals surface area contributed by atoms with E-state index >= 15 is 0 Å². The topological polar surface area (TPSA) is 37.3 Å². The van der Waals surface area contributed by atoms with Crippen molar-refractivity contribution < 1.29 is 9.90 Å². The van der Waals surface area contributed by atoms with Crippen molar-refractivity contribution >= 4 is 17.3 Å². The molecule has 0 spiro atoms. The largest absolute Gasteiger partial charge is 0.481 e. The second-order valence-electron chi connectivity index (χ2n) is 4.78. The molecule has 15 heavy (non-hydrogen) atoms. The minimum Gasteiger partial charge on any atom is -0.481 e. The van der Waals surface area contributed by atoms with Gasteiger partial charge in [0.25, 0.3) is 0 Å². The SMILES string of the molecule is CCc1ccsc1C1C(C(=O)O)C1(C)C. The molecular formula is C12H16O2S. The average Bonchev–Trinajstić information content (AvgIpc) is 2.58. The Bertz CT molecular complexity index is 392. The lowest BCUT2D eigenvalue weighted by atomic mass is 10.1. The molecule has 0 radical (unpaired) electrons. The lowest BCUT2D eigenvalue weighted by Crippen LogP contribution is -2.03. The summed E-state index contributed by atoms with van der Waals surface area (Å²) in [6.45, 7) is 6.22. The summed E-state index contributed by atoms with van der Waals surface area (Å²) in [7, 11) is 0. The maximum atomic E-state index is 11.1. The lowest BCUT2D eigenvalue weighted by molar-refractivity contribution is -0.139. The quantitative estimate of drug-likeness (QED) is 0.856. The van der Waals surface area contributed by atoms with Gasteiger partial charge in [-0.25, -0.2) is 0 Å². The van der Waals surface area contributed by atoms with E-state index in [1.54, 1.807) is 11.3 Å². The molecule has 2 atom stereocenters. The highest BCUT2D eigenvalue weighted by atomic mass is 32.1. The molecule has 0 aliphatic heterocycles. The third kappa shape index (κ3) is 1.49. The summed E-state index contributed by atoms with van der Waals surface area (Å²) in [6, 6.07) is 2.12. The molecule has 0 saturated heterocycles. The molecule has 82 valence electrons. The van der Waals surface area contributed by atoms with Crippen molar-refractivity contribution in [3.05, 3.63) is 21.9 Å². The highest BCUT2D eigenvalue weighted by molar-refractivity contribution is 7.10. The van der Waals surface area contributed by atoms with Crippen LogP contribution in [-0.4, -0.2) is 11.1 Å². The molecule has 1 aromatic rings. The maximum Gasteiger partial charge on any atom is 0.307 e. The number of thiophene rings is 1. The maximum absolute atomic E-state index is 11.1. The highest BCUT2D eigenvalue weighted by Gasteiger charge is 2.63. The highest BCUT2D eigenvalue weighted by Crippen LogP contribution is 2.65.